The van der Waals surface area contributed by atoms with Gasteiger partial charge in [-0.3, -0.25) is 4.98 Å². The first-order valence-electron chi connectivity index (χ1n) is 10.5. The van der Waals surface area contributed by atoms with Gasteiger partial charge in [-0.2, -0.15) is 9.29 Å². The lowest BCUT2D eigenvalue weighted by atomic mass is 10.2. The van der Waals surface area contributed by atoms with Crippen molar-refractivity contribution in [1.82, 2.24) is 19.4 Å². The first-order chi connectivity index (χ1) is 15.5. The fourth-order valence-corrected chi connectivity index (χ4v) is 5.04. The highest BCUT2D eigenvalue weighted by atomic mass is 32.2. The maximum absolute atomic E-state index is 12.8. The van der Waals surface area contributed by atoms with Gasteiger partial charge >= 0.3 is 5.97 Å². The van der Waals surface area contributed by atoms with E-state index < -0.39 is 16.0 Å². The first kappa shape index (κ1) is 22.1. The van der Waals surface area contributed by atoms with E-state index in [1.54, 1.807) is 30.6 Å². The molecule has 0 atom stereocenters. The number of aryl methyl sites for hydroxylation is 1. The second kappa shape index (κ2) is 10.0. The number of rotatable bonds is 8. The molecule has 1 aliphatic heterocycles. The molecule has 1 aromatic carbocycles. The normalized spacial score (nSPS) is 14.9. The molecule has 168 valence electrons. The Kier molecular flexibility index (Phi) is 6.91. The lowest BCUT2D eigenvalue weighted by molar-refractivity contribution is 0.0498. The Morgan fingerprint density at radius 2 is 1.97 bits per heavy atom. The van der Waals surface area contributed by atoms with Crippen molar-refractivity contribution < 1.29 is 22.5 Å². The van der Waals surface area contributed by atoms with Gasteiger partial charge in [-0.25, -0.2) is 13.2 Å². The number of esters is 1. The van der Waals surface area contributed by atoms with Crippen LogP contribution in [-0.4, -0.2) is 53.5 Å². The van der Waals surface area contributed by atoms with E-state index in [9.17, 15) is 13.2 Å². The molecule has 2 aromatic heterocycles. The zero-order valence-corrected chi connectivity index (χ0v) is 18.3. The summed E-state index contributed by atoms with van der Waals surface area (Å²) in [6, 6.07) is 9.63. The van der Waals surface area contributed by atoms with Gasteiger partial charge < -0.3 is 9.26 Å². The molecule has 4 rings (SSSR count). The number of nitrogens with zero attached hydrogens (tertiary/aromatic N) is 4. The number of ether oxygens (including phenoxy) is 1. The van der Waals surface area contributed by atoms with Crippen LogP contribution < -0.4 is 0 Å². The van der Waals surface area contributed by atoms with Crippen molar-refractivity contribution >= 4 is 16.0 Å². The molecule has 9 nitrogen and oxygen atoms in total. The zero-order valence-electron chi connectivity index (χ0n) is 17.5. The third kappa shape index (κ3) is 5.20. The molecule has 1 fully saturated rings. The maximum atomic E-state index is 12.8. The smallest absolute Gasteiger partial charge is 0.338 e. The molecule has 1 aliphatic rings. The number of piperidine rings is 1. The minimum absolute atomic E-state index is 0.114. The topological polar surface area (TPSA) is 115 Å². The number of hydrogen-bond donors (Lipinski definition) is 0. The van der Waals surface area contributed by atoms with Gasteiger partial charge in [0.1, 0.15) is 0 Å². The SMILES string of the molecule is O=C(OCCCc1nc(-c2cccnc2)no1)c1cccc(S(=O)(=O)N2CCCCC2)c1. The van der Waals surface area contributed by atoms with E-state index in [1.807, 2.05) is 6.07 Å². The Morgan fingerprint density at radius 1 is 1.12 bits per heavy atom. The highest BCUT2D eigenvalue weighted by molar-refractivity contribution is 7.89. The lowest BCUT2D eigenvalue weighted by Gasteiger charge is -2.25. The molecule has 32 heavy (non-hydrogen) atoms. The molecular weight excluding hydrogens is 432 g/mol. The molecule has 0 unspecified atom stereocenters. The van der Waals surface area contributed by atoms with Gasteiger partial charge in [0.25, 0.3) is 0 Å². The summed E-state index contributed by atoms with van der Waals surface area (Å²) < 4.78 is 37.7. The molecular formula is C22H24N4O5S. The van der Waals surface area contributed by atoms with E-state index in [1.165, 1.54) is 16.4 Å². The van der Waals surface area contributed by atoms with Crippen LogP contribution in [0.1, 0.15) is 41.9 Å². The molecule has 1 saturated heterocycles. The van der Waals surface area contributed by atoms with Crippen molar-refractivity contribution in [2.24, 2.45) is 0 Å². The third-order valence-electron chi connectivity index (χ3n) is 5.18. The molecule has 0 spiro atoms. The van der Waals surface area contributed by atoms with Crippen LogP contribution in [-0.2, 0) is 21.2 Å². The van der Waals surface area contributed by atoms with E-state index >= 15 is 0 Å². The summed E-state index contributed by atoms with van der Waals surface area (Å²) in [6.45, 7) is 1.16. The van der Waals surface area contributed by atoms with Crippen LogP contribution >= 0.6 is 0 Å². The van der Waals surface area contributed by atoms with Gasteiger partial charge in [-0.05, 0) is 49.6 Å². The molecule has 0 N–H and O–H groups in total. The number of sulfonamides is 1. The Morgan fingerprint density at radius 3 is 2.75 bits per heavy atom. The van der Waals surface area contributed by atoms with Gasteiger partial charge in [-0.15, -0.1) is 0 Å². The second-order valence-electron chi connectivity index (χ2n) is 7.49. The fourth-order valence-electron chi connectivity index (χ4n) is 3.48. The molecule has 0 amide bonds. The summed E-state index contributed by atoms with van der Waals surface area (Å²) in [7, 11) is -3.61. The summed E-state index contributed by atoms with van der Waals surface area (Å²) in [5, 5.41) is 3.92. The van der Waals surface area contributed by atoms with Crippen LogP contribution in [0, 0.1) is 0 Å². The van der Waals surface area contributed by atoms with Crippen LogP contribution in [0.15, 0.2) is 58.2 Å². The minimum atomic E-state index is -3.61. The second-order valence-corrected chi connectivity index (χ2v) is 9.42. The maximum Gasteiger partial charge on any atom is 0.338 e. The minimum Gasteiger partial charge on any atom is -0.462 e. The van der Waals surface area contributed by atoms with Crippen molar-refractivity contribution in [3.05, 3.63) is 60.2 Å². The monoisotopic (exact) mass is 456 g/mol. The third-order valence-corrected chi connectivity index (χ3v) is 7.07. The summed E-state index contributed by atoms with van der Waals surface area (Å²) in [5.41, 5.74) is 0.966. The molecule has 10 heteroatoms. The molecule has 0 bridgehead atoms. The summed E-state index contributed by atoms with van der Waals surface area (Å²) in [6.07, 6.45) is 6.99. The number of carbonyl (C=O) groups excluding carboxylic acids is 1. The predicted octanol–water partition coefficient (Wildman–Crippen LogP) is 3.10. The standard InChI is InChI=1S/C22H24N4O5S/c27-22(17-7-4-9-19(15-17)32(28,29)26-12-2-1-3-13-26)30-14-6-10-20-24-21(25-31-20)18-8-5-11-23-16-18/h4-5,7-9,11,15-16H,1-3,6,10,12-14H2. The van der Waals surface area contributed by atoms with Gasteiger partial charge in [0.05, 0.1) is 17.1 Å². The molecule has 0 aliphatic carbocycles. The summed E-state index contributed by atoms with van der Waals surface area (Å²) >= 11 is 0. The highest BCUT2D eigenvalue weighted by Crippen LogP contribution is 2.21. The predicted molar refractivity (Wildman–Crippen MR) is 115 cm³/mol. The van der Waals surface area contributed by atoms with Crippen LogP contribution in [0.3, 0.4) is 0 Å². The largest absolute Gasteiger partial charge is 0.462 e. The molecule has 3 aromatic rings. The number of carbonyl (C=O) groups is 1. The van der Waals surface area contributed by atoms with Crippen LogP contribution in [0.4, 0.5) is 0 Å². The van der Waals surface area contributed by atoms with Crippen LogP contribution in [0.25, 0.3) is 11.4 Å². The molecule has 0 radical (unpaired) electrons. The Bertz CT molecular complexity index is 1160. The first-order valence-corrected chi connectivity index (χ1v) is 12.0. The highest BCUT2D eigenvalue weighted by Gasteiger charge is 2.26. The number of aromatic nitrogens is 3. The van der Waals surface area contributed by atoms with E-state index in [4.69, 9.17) is 9.26 Å². The summed E-state index contributed by atoms with van der Waals surface area (Å²) in [5.74, 6) is 0.327. The molecule has 3 heterocycles. The van der Waals surface area contributed by atoms with Crippen molar-refractivity contribution in [3.63, 3.8) is 0 Å². The fraction of sp³-hybridized carbons (Fsp3) is 0.364. The van der Waals surface area contributed by atoms with Crippen molar-refractivity contribution in [2.45, 2.75) is 37.0 Å². The number of pyridine rings is 1. The van der Waals surface area contributed by atoms with Gasteiger partial charge in [0.2, 0.25) is 21.7 Å². The zero-order chi connectivity index (χ0) is 22.4. The van der Waals surface area contributed by atoms with Crippen molar-refractivity contribution in [3.8, 4) is 11.4 Å². The van der Waals surface area contributed by atoms with Crippen molar-refractivity contribution in [2.75, 3.05) is 19.7 Å². The Hall–Kier alpha value is -3.11. The van der Waals surface area contributed by atoms with E-state index in [2.05, 4.69) is 15.1 Å². The average Bonchev–Trinajstić information content (AvgIpc) is 3.32. The number of benzene rings is 1. The Balaban J connectivity index is 1.30. The van der Waals surface area contributed by atoms with Gasteiger partial charge in [0, 0.05) is 37.5 Å². The van der Waals surface area contributed by atoms with E-state index in [0.29, 0.717) is 37.6 Å². The van der Waals surface area contributed by atoms with Crippen LogP contribution in [0.2, 0.25) is 0 Å². The van der Waals surface area contributed by atoms with E-state index in [0.717, 1.165) is 24.8 Å². The van der Waals surface area contributed by atoms with Crippen LogP contribution in [0.5, 0.6) is 0 Å². The lowest BCUT2D eigenvalue weighted by Crippen LogP contribution is -2.35. The summed E-state index contributed by atoms with van der Waals surface area (Å²) in [4.78, 5) is 20.9. The van der Waals surface area contributed by atoms with E-state index in [-0.39, 0.29) is 17.1 Å². The Labute approximate surface area is 186 Å². The quantitative estimate of drug-likeness (QED) is 0.375. The number of hydrogen-bond acceptors (Lipinski definition) is 8. The van der Waals surface area contributed by atoms with Gasteiger partial charge in [0.15, 0.2) is 0 Å². The molecule has 0 saturated carbocycles. The van der Waals surface area contributed by atoms with Crippen molar-refractivity contribution in [1.29, 1.82) is 0 Å². The average molecular weight is 457 g/mol. The van der Waals surface area contributed by atoms with Gasteiger partial charge in [-0.1, -0.05) is 17.6 Å².